The first-order valence-corrected chi connectivity index (χ1v) is 7.15. The largest absolute Gasteiger partial charge is 0.346 e. The molecule has 1 aromatic carbocycles. The van der Waals surface area contributed by atoms with Gasteiger partial charge < -0.3 is 10.3 Å². The van der Waals surface area contributed by atoms with Gasteiger partial charge in [0.2, 0.25) is 5.56 Å². The van der Waals surface area contributed by atoms with Gasteiger partial charge >= 0.3 is 0 Å². The van der Waals surface area contributed by atoms with Crippen molar-refractivity contribution in [2.45, 2.75) is 6.54 Å². The molecule has 0 fully saturated rings. The number of aromatic amines is 1. The third-order valence-corrected chi connectivity index (χ3v) is 3.34. The van der Waals surface area contributed by atoms with E-state index in [0.717, 1.165) is 5.56 Å². The van der Waals surface area contributed by atoms with Crippen LogP contribution in [-0.2, 0) is 6.54 Å². The number of hydrogen-bond donors (Lipinski definition) is 2. The molecule has 0 radical (unpaired) electrons. The quantitative estimate of drug-likeness (QED) is 0.767. The summed E-state index contributed by atoms with van der Waals surface area (Å²) in [7, 11) is 0. The molecule has 3 aromatic rings. The van der Waals surface area contributed by atoms with E-state index in [9.17, 15) is 14.0 Å². The van der Waals surface area contributed by atoms with Gasteiger partial charge in [-0.05, 0) is 36.4 Å². The normalized spacial score (nSPS) is 10.4. The Morgan fingerprint density at radius 2 is 1.92 bits per heavy atom. The third-order valence-electron chi connectivity index (χ3n) is 3.34. The molecule has 0 saturated carbocycles. The Morgan fingerprint density at radius 3 is 2.62 bits per heavy atom. The van der Waals surface area contributed by atoms with Crippen molar-refractivity contribution in [2.24, 2.45) is 0 Å². The molecule has 0 spiro atoms. The maximum Gasteiger partial charge on any atom is 0.253 e. The van der Waals surface area contributed by atoms with Gasteiger partial charge in [-0.15, -0.1) is 0 Å². The number of carbonyl (C=O) groups excluding carboxylic acids is 1. The summed E-state index contributed by atoms with van der Waals surface area (Å²) in [5.74, 6) is -0.644. The molecular formula is C17H13FN4O2. The van der Waals surface area contributed by atoms with Gasteiger partial charge in [0.1, 0.15) is 12.1 Å². The number of carbonyl (C=O) groups is 1. The van der Waals surface area contributed by atoms with E-state index < -0.39 is 0 Å². The van der Waals surface area contributed by atoms with E-state index >= 15 is 0 Å². The molecule has 7 heteroatoms. The van der Waals surface area contributed by atoms with Crippen LogP contribution in [0.25, 0.3) is 11.3 Å². The number of hydrogen-bond acceptors (Lipinski definition) is 4. The standard InChI is InChI=1S/C17H13FN4O2/c18-13-4-1-11(2-5-13)15-7-14(21-10-22-15)9-20-17(24)12-3-6-16(23)19-8-12/h1-8,10H,9H2,(H,19,23)(H,20,24). The molecule has 120 valence electrons. The second-order valence-corrected chi connectivity index (χ2v) is 5.03. The SMILES string of the molecule is O=C(NCc1cc(-c2ccc(F)cc2)ncn1)c1ccc(=O)[nH]c1. The van der Waals surface area contributed by atoms with Crippen LogP contribution in [0.5, 0.6) is 0 Å². The molecule has 2 heterocycles. The summed E-state index contributed by atoms with van der Waals surface area (Å²) in [6.07, 6.45) is 2.74. The van der Waals surface area contributed by atoms with Crippen molar-refractivity contribution in [1.29, 1.82) is 0 Å². The average molecular weight is 324 g/mol. The second kappa shape index (κ2) is 6.82. The Hall–Kier alpha value is -3.35. The fourth-order valence-corrected chi connectivity index (χ4v) is 2.10. The first-order valence-electron chi connectivity index (χ1n) is 7.15. The lowest BCUT2D eigenvalue weighted by atomic mass is 10.1. The molecule has 24 heavy (non-hydrogen) atoms. The number of amides is 1. The van der Waals surface area contributed by atoms with Crippen molar-refractivity contribution in [1.82, 2.24) is 20.3 Å². The minimum atomic E-state index is -0.326. The van der Waals surface area contributed by atoms with Crippen LogP contribution in [0.2, 0.25) is 0 Å². The third kappa shape index (κ3) is 3.70. The van der Waals surface area contributed by atoms with Crippen LogP contribution >= 0.6 is 0 Å². The topological polar surface area (TPSA) is 87.7 Å². The van der Waals surface area contributed by atoms with Gasteiger partial charge in [-0.25, -0.2) is 14.4 Å². The van der Waals surface area contributed by atoms with Crippen molar-refractivity contribution in [2.75, 3.05) is 0 Å². The molecule has 0 aliphatic carbocycles. The van der Waals surface area contributed by atoms with Gasteiger partial charge in [-0.2, -0.15) is 0 Å². The first-order chi connectivity index (χ1) is 11.6. The predicted molar refractivity (Wildman–Crippen MR) is 85.7 cm³/mol. The highest BCUT2D eigenvalue weighted by molar-refractivity contribution is 5.93. The molecule has 0 unspecified atom stereocenters. The van der Waals surface area contributed by atoms with E-state index in [0.29, 0.717) is 17.0 Å². The summed E-state index contributed by atoms with van der Waals surface area (Å²) in [5, 5.41) is 2.71. The number of benzene rings is 1. The molecule has 2 N–H and O–H groups in total. The predicted octanol–water partition coefficient (Wildman–Crippen LogP) is 1.90. The van der Waals surface area contributed by atoms with E-state index in [1.165, 1.54) is 36.8 Å². The molecule has 0 bridgehead atoms. The lowest BCUT2D eigenvalue weighted by Gasteiger charge is -2.06. The van der Waals surface area contributed by atoms with Crippen LogP contribution in [0, 0.1) is 5.82 Å². The Morgan fingerprint density at radius 1 is 1.12 bits per heavy atom. The zero-order valence-electron chi connectivity index (χ0n) is 12.5. The maximum atomic E-state index is 13.0. The highest BCUT2D eigenvalue weighted by atomic mass is 19.1. The number of rotatable bonds is 4. The molecule has 0 atom stereocenters. The Bertz CT molecular complexity index is 902. The van der Waals surface area contributed by atoms with Crippen LogP contribution in [0.1, 0.15) is 16.1 Å². The van der Waals surface area contributed by atoms with E-state index in [1.807, 2.05) is 0 Å². The van der Waals surface area contributed by atoms with Gasteiger partial charge in [0.15, 0.2) is 0 Å². The Labute approximate surface area is 136 Å². The lowest BCUT2D eigenvalue weighted by Crippen LogP contribution is -2.24. The van der Waals surface area contributed by atoms with Gasteiger partial charge in [-0.1, -0.05) is 0 Å². The van der Waals surface area contributed by atoms with Gasteiger partial charge in [0, 0.05) is 17.8 Å². The molecule has 0 saturated heterocycles. The molecule has 1 amide bonds. The molecule has 2 aromatic heterocycles. The first kappa shape index (κ1) is 15.5. The van der Waals surface area contributed by atoms with Crippen LogP contribution < -0.4 is 10.9 Å². The summed E-state index contributed by atoms with van der Waals surface area (Å²) in [4.78, 5) is 33.7. The fourth-order valence-electron chi connectivity index (χ4n) is 2.10. The molecule has 0 aliphatic rings. The van der Waals surface area contributed by atoms with Crippen LogP contribution in [-0.4, -0.2) is 20.9 Å². The number of nitrogens with zero attached hydrogens (tertiary/aromatic N) is 2. The molecule has 0 aliphatic heterocycles. The van der Waals surface area contributed by atoms with E-state index in [2.05, 4.69) is 20.3 Å². The summed E-state index contributed by atoms with van der Waals surface area (Å²) in [5.41, 5.74) is 2.08. The van der Waals surface area contributed by atoms with Crippen molar-refractivity contribution in [3.63, 3.8) is 0 Å². The summed E-state index contributed by atoms with van der Waals surface area (Å²) >= 11 is 0. The smallest absolute Gasteiger partial charge is 0.253 e. The Kier molecular flexibility index (Phi) is 4.42. The van der Waals surface area contributed by atoms with Crippen LogP contribution in [0.4, 0.5) is 4.39 Å². The van der Waals surface area contributed by atoms with Gasteiger partial charge in [0.25, 0.3) is 5.91 Å². The van der Waals surface area contributed by atoms with E-state index in [1.54, 1.807) is 18.2 Å². The second-order valence-electron chi connectivity index (χ2n) is 5.03. The summed E-state index contributed by atoms with van der Waals surface area (Å²) in [6.45, 7) is 0.203. The highest BCUT2D eigenvalue weighted by Gasteiger charge is 2.07. The summed E-state index contributed by atoms with van der Waals surface area (Å²) < 4.78 is 13.0. The van der Waals surface area contributed by atoms with Crippen molar-refractivity contribution in [3.8, 4) is 11.3 Å². The van der Waals surface area contributed by atoms with E-state index in [4.69, 9.17) is 0 Å². The molecule has 3 rings (SSSR count). The molecular weight excluding hydrogens is 311 g/mol. The highest BCUT2D eigenvalue weighted by Crippen LogP contribution is 2.17. The zero-order valence-corrected chi connectivity index (χ0v) is 12.5. The van der Waals surface area contributed by atoms with Gasteiger partial charge in [-0.3, -0.25) is 9.59 Å². The van der Waals surface area contributed by atoms with Crippen LogP contribution in [0.15, 0.2) is 59.8 Å². The van der Waals surface area contributed by atoms with E-state index in [-0.39, 0.29) is 23.8 Å². The number of nitrogens with one attached hydrogen (secondary N) is 2. The number of pyridine rings is 1. The molecule has 6 nitrogen and oxygen atoms in total. The maximum absolute atomic E-state index is 13.0. The lowest BCUT2D eigenvalue weighted by molar-refractivity contribution is 0.0950. The average Bonchev–Trinajstić information content (AvgIpc) is 2.61. The summed E-state index contributed by atoms with van der Waals surface area (Å²) in [6, 6.07) is 10.4. The van der Waals surface area contributed by atoms with Crippen molar-refractivity contribution in [3.05, 3.63) is 82.4 Å². The van der Waals surface area contributed by atoms with Gasteiger partial charge in [0.05, 0.1) is 23.5 Å². The Balaban J connectivity index is 1.70. The number of aromatic nitrogens is 3. The minimum absolute atomic E-state index is 0.203. The van der Waals surface area contributed by atoms with Crippen molar-refractivity contribution >= 4 is 5.91 Å². The monoisotopic (exact) mass is 324 g/mol. The number of halogens is 1. The zero-order chi connectivity index (χ0) is 16.9. The number of H-pyrrole nitrogens is 1. The van der Waals surface area contributed by atoms with Crippen molar-refractivity contribution < 1.29 is 9.18 Å². The minimum Gasteiger partial charge on any atom is -0.346 e. The van der Waals surface area contributed by atoms with Crippen LogP contribution in [0.3, 0.4) is 0 Å². The fraction of sp³-hybridized carbons (Fsp3) is 0.0588.